The maximum atomic E-state index is 12.8. The lowest BCUT2D eigenvalue weighted by Gasteiger charge is -2.25. The standard InChI is InChI=1S/C23H22N4O4/c1-2-31-14-9-7-13(8-10-14)27-22(29)18(21(28)26-23(27)30)20-19-16(11-12-24-20)15-5-3-4-6-17(15)25-19/h3-10,20,24-25,29H,2,11-12H2,1H3,(H,26,28,30)/t20-/m0/s1. The Kier molecular flexibility index (Phi) is 4.63. The van der Waals surface area contributed by atoms with Crippen molar-refractivity contribution in [1.82, 2.24) is 19.9 Å². The second kappa shape index (κ2) is 7.48. The van der Waals surface area contributed by atoms with Crippen LogP contribution in [0.25, 0.3) is 16.6 Å². The average molecular weight is 418 g/mol. The Balaban J connectivity index is 1.67. The fourth-order valence-corrected chi connectivity index (χ4v) is 4.32. The zero-order chi connectivity index (χ0) is 21.5. The number of ether oxygens (including phenoxy) is 1. The second-order valence-corrected chi connectivity index (χ2v) is 7.46. The molecule has 2 aromatic carbocycles. The lowest BCUT2D eigenvalue weighted by Crippen LogP contribution is -2.38. The van der Waals surface area contributed by atoms with Crippen LogP contribution in [0, 0.1) is 0 Å². The van der Waals surface area contributed by atoms with Crippen LogP contribution in [0.4, 0.5) is 0 Å². The molecule has 1 atom stereocenters. The number of para-hydroxylation sites is 1. The molecular formula is C23H22N4O4. The van der Waals surface area contributed by atoms with Crippen molar-refractivity contribution in [2.75, 3.05) is 13.2 Å². The monoisotopic (exact) mass is 418 g/mol. The van der Waals surface area contributed by atoms with Crippen LogP contribution >= 0.6 is 0 Å². The Morgan fingerprint density at radius 2 is 1.87 bits per heavy atom. The number of aromatic hydroxyl groups is 1. The normalized spacial score (nSPS) is 15.7. The Morgan fingerprint density at radius 1 is 1.10 bits per heavy atom. The first-order valence-electron chi connectivity index (χ1n) is 10.2. The van der Waals surface area contributed by atoms with E-state index in [0.717, 1.165) is 33.1 Å². The van der Waals surface area contributed by atoms with E-state index in [9.17, 15) is 14.7 Å². The third-order valence-electron chi connectivity index (χ3n) is 5.67. The summed E-state index contributed by atoms with van der Waals surface area (Å²) < 4.78 is 6.54. The fraction of sp³-hybridized carbons (Fsp3) is 0.217. The maximum absolute atomic E-state index is 12.8. The van der Waals surface area contributed by atoms with Gasteiger partial charge in [-0.25, -0.2) is 9.36 Å². The van der Waals surface area contributed by atoms with Gasteiger partial charge in [0.15, 0.2) is 0 Å². The number of aromatic nitrogens is 3. The van der Waals surface area contributed by atoms with E-state index in [0.29, 0.717) is 24.6 Å². The second-order valence-electron chi connectivity index (χ2n) is 7.46. The molecule has 4 aromatic rings. The van der Waals surface area contributed by atoms with E-state index >= 15 is 0 Å². The molecule has 31 heavy (non-hydrogen) atoms. The molecule has 2 aromatic heterocycles. The molecule has 0 amide bonds. The summed E-state index contributed by atoms with van der Waals surface area (Å²) in [6, 6.07) is 14.1. The smallest absolute Gasteiger partial charge is 0.335 e. The predicted molar refractivity (Wildman–Crippen MR) is 117 cm³/mol. The topological polar surface area (TPSA) is 112 Å². The highest BCUT2D eigenvalue weighted by Gasteiger charge is 2.31. The molecule has 1 aliphatic rings. The average Bonchev–Trinajstić information content (AvgIpc) is 3.14. The first kappa shape index (κ1) is 19.2. The SMILES string of the molecule is CCOc1ccc(-n2c(O)c([C@@H]3NCCc4c3[nH]c3ccccc43)c(=O)[nH]c2=O)cc1. The summed E-state index contributed by atoms with van der Waals surface area (Å²) >= 11 is 0. The number of aromatic amines is 2. The molecule has 0 radical (unpaired) electrons. The van der Waals surface area contributed by atoms with Crippen LogP contribution < -0.4 is 21.3 Å². The predicted octanol–water partition coefficient (Wildman–Crippen LogP) is 2.35. The molecule has 0 bridgehead atoms. The molecule has 158 valence electrons. The number of nitrogens with one attached hydrogen (secondary N) is 3. The molecule has 3 heterocycles. The van der Waals surface area contributed by atoms with Gasteiger partial charge >= 0.3 is 5.69 Å². The van der Waals surface area contributed by atoms with Gasteiger partial charge < -0.3 is 20.1 Å². The van der Waals surface area contributed by atoms with Crippen molar-refractivity contribution in [1.29, 1.82) is 0 Å². The zero-order valence-corrected chi connectivity index (χ0v) is 16.9. The molecule has 0 saturated heterocycles. The van der Waals surface area contributed by atoms with Crippen LogP contribution in [0.5, 0.6) is 11.6 Å². The number of fused-ring (bicyclic) bond motifs is 3. The molecule has 8 heteroatoms. The summed E-state index contributed by atoms with van der Waals surface area (Å²) in [5, 5.41) is 15.5. The van der Waals surface area contributed by atoms with E-state index in [4.69, 9.17) is 4.74 Å². The summed E-state index contributed by atoms with van der Waals surface area (Å²) in [5.74, 6) is 0.266. The zero-order valence-electron chi connectivity index (χ0n) is 16.9. The van der Waals surface area contributed by atoms with Gasteiger partial charge in [0.2, 0.25) is 5.88 Å². The minimum Gasteiger partial charge on any atom is -0.494 e. The summed E-state index contributed by atoms with van der Waals surface area (Å²) in [4.78, 5) is 31.1. The Labute approximate surface area is 177 Å². The molecule has 0 fully saturated rings. The van der Waals surface area contributed by atoms with Gasteiger partial charge in [0, 0.05) is 23.1 Å². The quantitative estimate of drug-likeness (QED) is 0.406. The van der Waals surface area contributed by atoms with Crippen molar-refractivity contribution in [3.63, 3.8) is 0 Å². The number of benzene rings is 2. The van der Waals surface area contributed by atoms with Gasteiger partial charge in [0.1, 0.15) is 11.3 Å². The molecule has 0 spiro atoms. The molecule has 8 nitrogen and oxygen atoms in total. The lowest BCUT2D eigenvalue weighted by atomic mass is 9.95. The van der Waals surface area contributed by atoms with E-state index in [1.807, 2.05) is 31.2 Å². The van der Waals surface area contributed by atoms with Crippen molar-refractivity contribution in [2.45, 2.75) is 19.4 Å². The number of hydrogen-bond acceptors (Lipinski definition) is 5. The van der Waals surface area contributed by atoms with Gasteiger partial charge in [-0.2, -0.15) is 0 Å². The third-order valence-corrected chi connectivity index (χ3v) is 5.67. The van der Waals surface area contributed by atoms with Crippen LogP contribution in [-0.4, -0.2) is 32.8 Å². The Morgan fingerprint density at radius 3 is 2.65 bits per heavy atom. The van der Waals surface area contributed by atoms with Crippen LogP contribution in [0.1, 0.15) is 29.8 Å². The first-order chi connectivity index (χ1) is 15.1. The number of H-pyrrole nitrogens is 2. The van der Waals surface area contributed by atoms with Gasteiger partial charge in [0.25, 0.3) is 5.56 Å². The minimum atomic E-state index is -0.705. The van der Waals surface area contributed by atoms with Crippen LogP contribution in [0.15, 0.2) is 58.1 Å². The number of rotatable bonds is 4. The number of nitrogens with zero attached hydrogens (tertiary/aromatic N) is 1. The van der Waals surface area contributed by atoms with E-state index < -0.39 is 17.3 Å². The lowest BCUT2D eigenvalue weighted by molar-refractivity contribution is 0.340. The van der Waals surface area contributed by atoms with Crippen molar-refractivity contribution in [2.24, 2.45) is 0 Å². The van der Waals surface area contributed by atoms with Crippen LogP contribution in [-0.2, 0) is 6.42 Å². The molecule has 4 N–H and O–H groups in total. The van der Waals surface area contributed by atoms with E-state index in [1.165, 1.54) is 0 Å². The highest BCUT2D eigenvalue weighted by molar-refractivity contribution is 5.85. The van der Waals surface area contributed by atoms with Crippen molar-refractivity contribution in [3.8, 4) is 17.3 Å². The van der Waals surface area contributed by atoms with Gasteiger partial charge in [-0.1, -0.05) is 18.2 Å². The molecule has 0 saturated carbocycles. The summed E-state index contributed by atoms with van der Waals surface area (Å²) in [5.41, 5.74) is 2.10. The van der Waals surface area contributed by atoms with E-state index in [2.05, 4.69) is 15.3 Å². The molecule has 0 unspecified atom stereocenters. The summed E-state index contributed by atoms with van der Waals surface area (Å²) in [6.07, 6.45) is 0.799. The molecule has 5 rings (SSSR count). The van der Waals surface area contributed by atoms with Gasteiger partial charge in [-0.05, 0) is 49.2 Å². The fourth-order valence-electron chi connectivity index (χ4n) is 4.32. The van der Waals surface area contributed by atoms with Gasteiger partial charge in [-0.3, -0.25) is 9.78 Å². The van der Waals surface area contributed by atoms with Crippen LogP contribution in [0.2, 0.25) is 0 Å². The minimum absolute atomic E-state index is 0.0981. The van der Waals surface area contributed by atoms with Gasteiger partial charge in [0.05, 0.1) is 18.3 Å². The van der Waals surface area contributed by atoms with E-state index in [1.54, 1.807) is 24.3 Å². The molecule has 0 aliphatic carbocycles. The van der Waals surface area contributed by atoms with Crippen molar-refractivity contribution in [3.05, 3.63) is 86.2 Å². The summed E-state index contributed by atoms with van der Waals surface area (Å²) in [7, 11) is 0. The molecular weight excluding hydrogens is 396 g/mol. The van der Waals surface area contributed by atoms with Gasteiger partial charge in [-0.15, -0.1) is 0 Å². The van der Waals surface area contributed by atoms with Crippen molar-refractivity contribution < 1.29 is 9.84 Å². The Bertz CT molecular complexity index is 1380. The maximum Gasteiger partial charge on any atom is 0.335 e. The highest BCUT2D eigenvalue weighted by Crippen LogP contribution is 2.35. The third kappa shape index (κ3) is 3.12. The van der Waals surface area contributed by atoms with Crippen LogP contribution in [0.3, 0.4) is 0 Å². The molecule has 1 aliphatic heterocycles. The summed E-state index contributed by atoms with van der Waals surface area (Å²) in [6.45, 7) is 3.04. The highest BCUT2D eigenvalue weighted by atomic mass is 16.5. The Hall–Kier alpha value is -3.78. The largest absolute Gasteiger partial charge is 0.494 e. The van der Waals surface area contributed by atoms with Crippen molar-refractivity contribution >= 4 is 10.9 Å². The number of hydrogen-bond donors (Lipinski definition) is 4. The first-order valence-corrected chi connectivity index (χ1v) is 10.2. The van der Waals surface area contributed by atoms with E-state index in [-0.39, 0.29) is 11.4 Å².